The van der Waals surface area contributed by atoms with Crippen LogP contribution in [0.15, 0.2) is 18.2 Å². The van der Waals surface area contributed by atoms with E-state index in [9.17, 15) is 0 Å². The molecule has 0 fully saturated rings. The fourth-order valence-corrected chi connectivity index (χ4v) is 1.97. The second-order valence-electron chi connectivity index (χ2n) is 5.73. The van der Waals surface area contributed by atoms with Crippen LogP contribution in [-0.2, 0) is 6.42 Å². The average molecular weight is 234 g/mol. The Morgan fingerprint density at radius 3 is 2.06 bits per heavy atom. The molecular formula is C15H26N2. The molecule has 2 heteroatoms. The smallest absolute Gasteiger partial charge is 0.0301 e. The Labute approximate surface area is 106 Å². The van der Waals surface area contributed by atoms with Crippen molar-refractivity contribution in [3.05, 3.63) is 34.9 Å². The summed E-state index contributed by atoms with van der Waals surface area (Å²) in [7, 11) is 4.18. The van der Waals surface area contributed by atoms with Crippen LogP contribution in [-0.4, -0.2) is 30.6 Å². The Morgan fingerprint density at radius 2 is 1.65 bits per heavy atom. The van der Waals surface area contributed by atoms with E-state index in [0.717, 1.165) is 6.42 Å². The van der Waals surface area contributed by atoms with Crippen molar-refractivity contribution >= 4 is 0 Å². The van der Waals surface area contributed by atoms with Gasteiger partial charge in [-0.2, -0.15) is 0 Å². The molecule has 0 aliphatic carbocycles. The zero-order chi connectivity index (χ0) is 13.2. The molecule has 0 aliphatic heterocycles. The third-order valence-electron chi connectivity index (χ3n) is 4.13. The van der Waals surface area contributed by atoms with Gasteiger partial charge in [-0.3, -0.25) is 0 Å². The maximum absolute atomic E-state index is 6.38. The van der Waals surface area contributed by atoms with Crippen molar-refractivity contribution in [2.45, 2.75) is 45.7 Å². The summed E-state index contributed by atoms with van der Waals surface area (Å²) in [5.41, 5.74) is 10.5. The minimum absolute atomic E-state index is 0.00865. The molecule has 1 unspecified atom stereocenters. The molecule has 17 heavy (non-hydrogen) atoms. The van der Waals surface area contributed by atoms with Crippen molar-refractivity contribution in [1.82, 2.24) is 4.90 Å². The van der Waals surface area contributed by atoms with E-state index < -0.39 is 0 Å². The second kappa shape index (κ2) is 5.19. The number of hydrogen-bond acceptors (Lipinski definition) is 2. The lowest BCUT2D eigenvalue weighted by atomic mass is 9.86. The van der Waals surface area contributed by atoms with E-state index in [-0.39, 0.29) is 11.6 Å². The van der Waals surface area contributed by atoms with Crippen LogP contribution < -0.4 is 5.73 Å². The number of likely N-dealkylation sites (N-methyl/N-ethyl adjacent to an activating group) is 1. The van der Waals surface area contributed by atoms with Crippen molar-refractivity contribution in [2.24, 2.45) is 5.73 Å². The van der Waals surface area contributed by atoms with Crippen molar-refractivity contribution in [3.63, 3.8) is 0 Å². The average Bonchev–Trinajstić information content (AvgIpc) is 2.23. The molecule has 96 valence electrons. The topological polar surface area (TPSA) is 29.3 Å². The van der Waals surface area contributed by atoms with Gasteiger partial charge in [0, 0.05) is 11.6 Å². The zero-order valence-electron chi connectivity index (χ0n) is 12.0. The van der Waals surface area contributed by atoms with Gasteiger partial charge in [0.15, 0.2) is 0 Å². The highest BCUT2D eigenvalue weighted by molar-refractivity contribution is 5.34. The van der Waals surface area contributed by atoms with Crippen LogP contribution in [0.4, 0.5) is 0 Å². The van der Waals surface area contributed by atoms with Crippen LogP contribution in [0.5, 0.6) is 0 Å². The largest absolute Gasteiger partial charge is 0.326 e. The van der Waals surface area contributed by atoms with Gasteiger partial charge in [0.25, 0.3) is 0 Å². The highest BCUT2D eigenvalue weighted by Gasteiger charge is 2.29. The lowest BCUT2D eigenvalue weighted by Crippen LogP contribution is -2.54. The summed E-state index contributed by atoms with van der Waals surface area (Å²) in [6.07, 6.45) is 0.934. The Hall–Kier alpha value is -0.860. The van der Waals surface area contributed by atoms with Crippen molar-refractivity contribution in [3.8, 4) is 0 Å². The second-order valence-corrected chi connectivity index (χ2v) is 5.73. The van der Waals surface area contributed by atoms with Gasteiger partial charge in [-0.15, -0.1) is 0 Å². The molecule has 0 spiro atoms. The van der Waals surface area contributed by atoms with Gasteiger partial charge in [0.1, 0.15) is 0 Å². The molecule has 2 nitrogen and oxygen atoms in total. The summed E-state index contributed by atoms with van der Waals surface area (Å²) in [6, 6.07) is 6.57. The van der Waals surface area contributed by atoms with Crippen LogP contribution in [0.1, 0.15) is 30.5 Å². The van der Waals surface area contributed by atoms with Gasteiger partial charge in [-0.05, 0) is 64.9 Å². The normalized spacial score (nSPS) is 14.1. The number of nitrogens with zero attached hydrogens (tertiary/aromatic N) is 1. The van der Waals surface area contributed by atoms with Gasteiger partial charge >= 0.3 is 0 Å². The molecule has 1 aromatic carbocycles. The number of aryl methyl sites for hydroxylation is 2. The molecule has 0 bridgehead atoms. The predicted molar refractivity (Wildman–Crippen MR) is 75.4 cm³/mol. The van der Waals surface area contributed by atoms with Crippen LogP contribution in [0.3, 0.4) is 0 Å². The van der Waals surface area contributed by atoms with Crippen LogP contribution in [0, 0.1) is 13.8 Å². The Balaban J connectivity index is 2.92. The first kappa shape index (κ1) is 14.2. The molecule has 0 saturated carbocycles. The first-order chi connectivity index (χ1) is 7.76. The predicted octanol–water partition coefficient (Wildman–Crippen LogP) is 2.51. The molecule has 1 aromatic rings. The molecular weight excluding hydrogens is 208 g/mol. The van der Waals surface area contributed by atoms with Gasteiger partial charge < -0.3 is 10.6 Å². The number of rotatable bonds is 4. The maximum atomic E-state index is 6.38. The third kappa shape index (κ3) is 3.08. The first-order valence-electron chi connectivity index (χ1n) is 6.25. The maximum Gasteiger partial charge on any atom is 0.0301 e. The summed E-state index contributed by atoms with van der Waals surface area (Å²) in [5, 5.41) is 0. The summed E-state index contributed by atoms with van der Waals surface area (Å²) >= 11 is 0. The molecule has 1 rings (SSSR count). The van der Waals surface area contributed by atoms with Crippen molar-refractivity contribution in [1.29, 1.82) is 0 Å². The van der Waals surface area contributed by atoms with Crippen LogP contribution >= 0.6 is 0 Å². The fraction of sp³-hybridized carbons (Fsp3) is 0.600. The Morgan fingerprint density at radius 1 is 1.18 bits per heavy atom. The minimum Gasteiger partial charge on any atom is -0.326 e. The molecule has 1 atom stereocenters. The van der Waals surface area contributed by atoms with E-state index in [2.05, 4.69) is 64.9 Å². The third-order valence-corrected chi connectivity index (χ3v) is 4.13. The zero-order valence-corrected chi connectivity index (χ0v) is 12.0. The van der Waals surface area contributed by atoms with Gasteiger partial charge in [-0.1, -0.05) is 18.2 Å². The molecule has 0 amide bonds. The monoisotopic (exact) mass is 234 g/mol. The van der Waals surface area contributed by atoms with Gasteiger partial charge in [0.2, 0.25) is 0 Å². The molecule has 0 aromatic heterocycles. The quantitative estimate of drug-likeness (QED) is 0.867. The van der Waals surface area contributed by atoms with E-state index >= 15 is 0 Å². The van der Waals surface area contributed by atoms with E-state index in [0.29, 0.717) is 0 Å². The fourth-order valence-electron chi connectivity index (χ4n) is 1.97. The number of benzene rings is 1. The first-order valence-corrected chi connectivity index (χ1v) is 6.25. The highest BCUT2D eigenvalue weighted by Crippen LogP contribution is 2.21. The van der Waals surface area contributed by atoms with E-state index in [4.69, 9.17) is 5.73 Å². The van der Waals surface area contributed by atoms with E-state index in [1.807, 2.05) is 0 Å². The van der Waals surface area contributed by atoms with E-state index in [1.165, 1.54) is 16.7 Å². The standard InChI is InChI=1S/C15H26N2/c1-11-8-7-9-12(2)13(11)10-14(16)15(3,4)17(5)6/h7-9,14H,10,16H2,1-6H3. The van der Waals surface area contributed by atoms with Crippen LogP contribution in [0.25, 0.3) is 0 Å². The molecule has 0 heterocycles. The number of hydrogen-bond donors (Lipinski definition) is 1. The summed E-state index contributed by atoms with van der Waals surface area (Å²) < 4.78 is 0. The van der Waals surface area contributed by atoms with Crippen molar-refractivity contribution in [2.75, 3.05) is 14.1 Å². The number of nitrogens with two attached hydrogens (primary N) is 1. The lowest BCUT2D eigenvalue weighted by molar-refractivity contribution is 0.157. The van der Waals surface area contributed by atoms with Crippen molar-refractivity contribution < 1.29 is 0 Å². The Bertz CT molecular complexity index is 360. The summed E-state index contributed by atoms with van der Waals surface area (Å²) in [5.74, 6) is 0. The molecule has 0 saturated heterocycles. The van der Waals surface area contributed by atoms with Crippen LogP contribution in [0.2, 0.25) is 0 Å². The minimum atomic E-state index is 0.00865. The van der Waals surface area contributed by atoms with E-state index in [1.54, 1.807) is 0 Å². The highest BCUT2D eigenvalue weighted by atomic mass is 15.2. The molecule has 0 radical (unpaired) electrons. The summed E-state index contributed by atoms with van der Waals surface area (Å²) in [6.45, 7) is 8.73. The lowest BCUT2D eigenvalue weighted by Gasteiger charge is -2.38. The molecule has 0 aliphatic rings. The van der Waals surface area contributed by atoms with Gasteiger partial charge in [0.05, 0.1) is 0 Å². The SMILES string of the molecule is Cc1cccc(C)c1CC(N)C(C)(C)N(C)C. The Kier molecular flexibility index (Phi) is 4.34. The van der Waals surface area contributed by atoms with Gasteiger partial charge in [-0.25, -0.2) is 0 Å². The summed E-state index contributed by atoms with van der Waals surface area (Å²) in [4.78, 5) is 2.20. The molecule has 2 N–H and O–H groups in total.